The lowest BCUT2D eigenvalue weighted by atomic mass is 10.00. The maximum absolute atomic E-state index is 13.0. The van der Waals surface area contributed by atoms with Crippen molar-refractivity contribution in [3.63, 3.8) is 0 Å². The molecule has 1 atom stereocenters. The van der Waals surface area contributed by atoms with Crippen molar-refractivity contribution < 1.29 is 9.18 Å². The van der Waals surface area contributed by atoms with Crippen molar-refractivity contribution >= 4 is 35.8 Å². The topological polar surface area (TPSA) is 47.9 Å². The summed E-state index contributed by atoms with van der Waals surface area (Å²) in [5.41, 5.74) is 1.00. The van der Waals surface area contributed by atoms with Crippen LogP contribution in [0.1, 0.15) is 31.7 Å². The molecule has 26 heavy (non-hydrogen) atoms. The third-order valence-electron chi connectivity index (χ3n) is 4.54. The zero-order chi connectivity index (χ0) is 18.2. The van der Waals surface area contributed by atoms with Gasteiger partial charge in [0.1, 0.15) is 5.82 Å². The first-order valence-corrected chi connectivity index (χ1v) is 8.93. The van der Waals surface area contributed by atoms with E-state index in [9.17, 15) is 9.18 Å². The Hall–Kier alpha value is -1.38. The zero-order valence-corrected chi connectivity index (χ0v) is 18.2. The Balaban J connectivity index is 0.00000338. The third-order valence-corrected chi connectivity index (χ3v) is 4.54. The monoisotopic (exact) mass is 476 g/mol. The Morgan fingerprint density at radius 3 is 2.69 bits per heavy atom. The van der Waals surface area contributed by atoms with Gasteiger partial charge in [0.15, 0.2) is 5.96 Å². The molecule has 7 heteroatoms. The number of amides is 1. The molecule has 1 aromatic rings. The summed E-state index contributed by atoms with van der Waals surface area (Å²) in [6.07, 6.45) is 2.78. The van der Waals surface area contributed by atoms with Gasteiger partial charge in [-0.15, -0.1) is 24.0 Å². The van der Waals surface area contributed by atoms with Gasteiger partial charge in [0.2, 0.25) is 5.91 Å². The van der Waals surface area contributed by atoms with Crippen LogP contribution in [0, 0.1) is 11.7 Å². The van der Waals surface area contributed by atoms with E-state index in [-0.39, 0.29) is 35.7 Å². The molecule has 0 aromatic heterocycles. The molecule has 1 saturated heterocycles. The lowest BCUT2D eigenvalue weighted by Crippen LogP contribution is -2.42. The van der Waals surface area contributed by atoms with Crippen molar-refractivity contribution in [1.29, 1.82) is 0 Å². The summed E-state index contributed by atoms with van der Waals surface area (Å²) >= 11 is 0. The molecule has 0 radical (unpaired) electrons. The summed E-state index contributed by atoms with van der Waals surface area (Å²) in [7, 11) is 3.64. The normalized spacial score (nSPS) is 17.5. The van der Waals surface area contributed by atoms with Crippen LogP contribution in [-0.4, -0.2) is 55.4 Å². The highest BCUT2D eigenvalue weighted by molar-refractivity contribution is 14.0. The Bertz CT molecular complexity index is 594. The summed E-state index contributed by atoms with van der Waals surface area (Å²) in [5.74, 6) is 1.29. The van der Waals surface area contributed by atoms with Crippen molar-refractivity contribution in [1.82, 2.24) is 15.1 Å². The average molecular weight is 476 g/mol. The number of aliphatic imine (C=N–C) groups is 1. The van der Waals surface area contributed by atoms with Gasteiger partial charge in [0.25, 0.3) is 0 Å². The molecule has 0 saturated carbocycles. The number of guanidine groups is 1. The Labute approximate surface area is 173 Å². The van der Waals surface area contributed by atoms with E-state index in [2.05, 4.69) is 17.2 Å². The fourth-order valence-corrected chi connectivity index (χ4v) is 3.18. The summed E-state index contributed by atoms with van der Waals surface area (Å²) < 4.78 is 13.0. The molecule has 0 spiro atoms. The predicted molar refractivity (Wildman–Crippen MR) is 114 cm³/mol. The SMILES string of the molecule is CN=C(NCCC(=O)N1CCCC(C)C1)N(C)Cc1ccc(F)cc1.I. The molecule has 1 amide bonds. The van der Waals surface area contributed by atoms with Gasteiger partial charge in [0.05, 0.1) is 0 Å². The molecule has 1 N–H and O–H groups in total. The summed E-state index contributed by atoms with van der Waals surface area (Å²) in [4.78, 5) is 20.5. The highest BCUT2D eigenvalue weighted by Gasteiger charge is 2.20. The number of nitrogens with one attached hydrogen (secondary N) is 1. The second kappa shape index (κ2) is 11.4. The van der Waals surface area contributed by atoms with Gasteiger partial charge in [-0.3, -0.25) is 9.79 Å². The average Bonchev–Trinajstić information content (AvgIpc) is 2.60. The number of halogens is 2. The number of piperidine rings is 1. The molecule has 1 aliphatic rings. The van der Waals surface area contributed by atoms with E-state index < -0.39 is 0 Å². The number of likely N-dealkylation sites (tertiary alicyclic amines) is 1. The Morgan fingerprint density at radius 2 is 2.08 bits per heavy atom. The number of rotatable bonds is 5. The zero-order valence-electron chi connectivity index (χ0n) is 15.9. The number of carbonyl (C=O) groups excluding carboxylic acids is 1. The summed E-state index contributed by atoms with van der Waals surface area (Å²) in [5, 5.41) is 3.24. The largest absolute Gasteiger partial charge is 0.356 e. The second-order valence-corrected chi connectivity index (χ2v) is 6.79. The van der Waals surface area contributed by atoms with E-state index in [1.807, 2.05) is 16.8 Å². The molecule has 0 aliphatic carbocycles. The van der Waals surface area contributed by atoms with Gasteiger partial charge >= 0.3 is 0 Å². The number of hydrogen-bond acceptors (Lipinski definition) is 2. The molecular weight excluding hydrogens is 446 g/mol. The van der Waals surface area contributed by atoms with Crippen LogP contribution in [0.25, 0.3) is 0 Å². The fraction of sp³-hybridized carbons (Fsp3) is 0.579. The molecular formula is C19H30FIN4O. The minimum atomic E-state index is -0.237. The van der Waals surface area contributed by atoms with Crippen molar-refractivity contribution in [3.05, 3.63) is 35.6 Å². The molecule has 1 fully saturated rings. The van der Waals surface area contributed by atoms with Crippen molar-refractivity contribution in [2.24, 2.45) is 10.9 Å². The van der Waals surface area contributed by atoms with Gasteiger partial charge in [0, 0.05) is 46.7 Å². The van der Waals surface area contributed by atoms with Crippen LogP contribution in [0.3, 0.4) is 0 Å². The maximum Gasteiger partial charge on any atom is 0.224 e. The predicted octanol–water partition coefficient (Wildman–Crippen LogP) is 3.10. The quantitative estimate of drug-likeness (QED) is 0.404. The van der Waals surface area contributed by atoms with Crippen LogP contribution >= 0.6 is 24.0 Å². The lowest BCUT2D eigenvalue weighted by molar-refractivity contribution is -0.132. The highest BCUT2D eigenvalue weighted by Crippen LogP contribution is 2.15. The summed E-state index contributed by atoms with van der Waals surface area (Å²) in [6, 6.07) is 6.44. The van der Waals surface area contributed by atoms with Crippen LogP contribution in [-0.2, 0) is 11.3 Å². The molecule has 0 bridgehead atoms. The standard InChI is InChI=1S/C19H29FN4O.HI/c1-15-5-4-12-24(13-15)18(25)10-11-22-19(21-2)23(3)14-16-6-8-17(20)9-7-16;/h6-9,15H,4-5,10-14H2,1-3H3,(H,21,22);1H. The molecule has 1 heterocycles. The summed E-state index contributed by atoms with van der Waals surface area (Å²) in [6.45, 7) is 5.13. The number of hydrogen-bond donors (Lipinski definition) is 1. The fourth-order valence-electron chi connectivity index (χ4n) is 3.18. The molecule has 1 aliphatic heterocycles. The molecule has 5 nitrogen and oxygen atoms in total. The van der Waals surface area contributed by atoms with Crippen LogP contribution in [0.15, 0.2) is 29.3 Å². The van der Waals surface area contributed by atoms with Crippen LogP contribution in [0.5, 0.6) is 0 Å². The number of carbonyl (C=O) groups is 1. The van der Waals surface area contributed by atoms with Crippen LogP contribution in [0.2, 0.25) is 0 Å². The van der Waals surface area contributed by atoms with E-state index in [0.717, 1.165) is 31.0 Å². The van der Waals surface area contributed by atoms with Gasteiger partial charge in [-0.2, -0.15) is 0 Å². The van der Waals surface area contributed by atoms with Gasteiger partial charge < -0.3 is 15.1 Å². The van der Waals surface area contributed by atoms with E-state index >= 15 is 0 Å². The molecule has 1 unspecified atom stereocenters. The molecule has 146 valence electrons. The second-order valence-electron chi connectivity index (χ2n) is 6.79. The Kier molecular flexibility index (Phi) is 9.90. The van der Waals surface area contributed by atoms with Gasteiger partial charge in [-0.05, 0) is 36.5 Å². The van der Waals surface area contributed by atoms with E-state index in [1.54, 1.807) is 19.2 Å². The first-order valence-electron chi connectivity index (χ1n) is 8.93. The molecule has 1 aromatic carbocycles. The van der Waals surface area contributed by atoms with E-state index in [1.165, 1.54) is 18.6 Å². The van der Waals surface area contributed by atoms with Crippen molar-refractivity contribution in [2.45, 2.75) is 32.7 Å². The van der Waals surface area contributed by atoms with Crippen LogP contribution in [0.4, 0.5) is 4.39 Å². The first-order chi connectivity index (χ1) is 12.0. The smallest absolute Gasteiger partial charge is 0.224 e. The minimum absolute atomic E-state index is 0. The van der Waals surface area contributed by atoms with Gasteiger partial charge in [-0.25, -0.2) is 4.39 Å². The van der Waals surface area contributed by atoms with Crippen LogP contribution < -0.4 is 5.32 Å². The number of nitrogens with zero attached hydrogens (tertiary/aromatic N) is 3. The van der Waals surface area contributed by atoms with E-state index in [4.69, 9.17) is 0 Å². The molecule has 2 rings (SSSR count). The maximum atomic E-state index is 13.0. The highest BCUT2D eigenvalue weighted by atomic mass is 127. The minimum Gasteiger partial charge on any atom is -0.356 e. The number of benzene rings is 1. The van der Waals surface area contributed by atoms with Gasteiger partial charge in [-0.1, -0.05) is 19.1 Å². The van der Waals surface area contributed by atoms with E-state index in [0.29, 0.717) is 25.4 Å². The van der Waals surface area contributed by atoms with Crippen molar-refractivity contribution in [3.8, 4) is 0 Å². The first kappa shape index (κ1) is 22.7. The van der Waals surface area contributed by atoms with Crippen molar-refractivity contribution in [2.75, 3.05) is 33.7 Å². The third kappa shape index (κ3) is 7.09. The lowest BCUT2D eigenvalue weighted by Gasteiger charge is -2.31. The Morgan fingerprint density at radius 1 is 1.38 bits per heavy atom.